The van der Waals surface area contributed by atoms with Crippen LogP contribution >= 0.6 is 23.2 Å². The highest BCUT2D eigenvalue weighted by Crippen LogP contribution is 2.18. The van der Waals surface area contributed by atoms with Crippen molar-refractivity contribution in [3.63, 3.8) is 0 Å². The van der Waals surface area contributed by atoms with E-state index in [1.807, 2.05) is 6.92 Å². The van der Waals surface area contributed by atoms with Gasteiger partial charge >= 0.3 is 0 Å². The van der Waals surface area contributed by atoms with E-state index in [0.717, 1.165) is 0 Å². The van der Waals surface area contributed by atoms with Crippen LogP contribution in [0.2, 0.25) is 10.3 Å². The van der Waals surface area contributed by atoms with Gasteiger partial charge in [0.2, 0.25) is 0 Å². The van der Waals surface area contributed by atoms with Crippen LogP contribution in [-0.4, -0.2) is 22.9 Å². The fraction of sp³-hybridized carbons (Fsp3) is 0.375. The van der Waals surface area contributed by atoms with Gasteiger partial charge in [0.05, 0.1) is 5.69 Å². The summed E-state index contributed by atoms with van der Waals surface area (Å²) in [6, 6.07) is 0. The molecule has 76 valence electrons. The second kappa shape index (κ2) is 4.57. The standard InChI is InChI=1S/C8H9Cl2N3O/c1-3-4-6(9)13-7(10)5(12-4)8(14)11-2/h3H2,1-2H3,(H,11,14). The SMILES string of the molecule is CCc1nc(C(=O)NC)c(Cl)nc1Cl. The van der Waals surface area contributed by atoms with Gasteiger partial charge in [-0.2, -0.15) is 0 Å². The molecule has 0 aliphatic rings. The highest BCUT2D eigenvalue weighted by Gasteiger charge is 2.15. The van der Waals surface area contributed by atoms with Crippen molar-refractivity contribution in [2.75, 3.05) is 7.05 Å². The molecule has 0 aliphatic heterocycles. The van der Waals surface area contributed by atoms with Crippen LogP contribution in [0.1, 0.15) is 23.1 Å². The van der Waals surface area contributed by atoms with E-state index in [0.29, 0.717) is 12.1 Å². The molecule has 6 heteroatoms. The maximum atomic E-state index is 11.3. The Bertz CT molecular complexity index is 368. The van der Waals surface area contributed by atoms with Gasteiger partial charge in [0.1, 0.15) is 0 Å². The van der Waals surface area contributed by atoms with Gasteiger partial charge in [-0.05, 0) is 6.42 Å². The Balaban J connectivity index is 3.24. The van der Waals surface area contributed by atoms with E-state index in [2.05, 4.69) is 15.3 Å². The monoisotopic (exact) mass is 233 g/mol. The van der Waals surface area contributed by atoms with Gasteiger partial charge in [-0.3, -0.25) is 4.79 Å². The molecule has 0 atom stereocenters. The predicted octanol–water partition coefficient (Wildman–Crippen LogP) is 1.71. The summed E-state index contributed by atoms with van der Waals surface area (Å²) in [6.45, 7) is 1.87. The van der Waals surface area contributed by atoms with Gasteiger partial charge in [-0.25, -0.2) is 9.97 Å². The average molecular weight is 234 g/mol. The number of aryl methyl sites for hydroxylation is 1. The Morgan fingerprint density at radius 2 is 2.00 bits per heavy atom. The van der Waals surface area contributed by atoms with Crippen molar-refractivity contribution in [2.24, 2.45) is 0 Å². The molecule has 1 rings (SSSR count). The van der Waals surface area contributed by atoms with E-state index in [4.69, 9.17) is 23.2 Å². The van der Waals surface area contributed by atoms with Crippen molar-refractivity contribution in [2.45, 2.75) is 13.3 Å². The van der Waals surface area contributed by atoms with E-state index in [-0.39, 0.29) is 21.9 Å². The molecule has 0 fully saturated rings. The molecule has 1 heterocycles. The van der Waals surface area contributed by atoms with E-state index in [1.54, 1.807) is 0 Å². The lowest BCUT2D eigenvalue weighted by Gasteiger charge is -2.04. The minimum atomic E-state index is -0.367. The van der Waals surface area contributed by atoms with Crippen molar-refractivity contribution < 1.29 is 4.79 Å². The Kier molecular flexibility index (Phi) is 3.66. The summed E-state index contributed by atoms with van der Waals surface area (Å²) in [4.78, 5) is 19.1. The number of carbonyl (C=O) groups is 1. The maximum Gasteiger partial charge on any atom is 0.272 e. The molecule has 1 aromatic rings. The average Bonchev–Trinajstić information content (AvgIpc) is 2.17. The molecule has 1 amide bonds. The van der Waals surface area contributed by atoms with Gasteiger partial charge in [-0.15, -0.1) is 0 Å². The number of hydrogen-bond acceptors (Lipinski definition) is 3. The van der Waals surface area contributed by atoms with Gasteiger partial charge in [0.15, 0.2) is 16.0 Å². The summed E-state index contributed by atoms with van der Waals surface area (Å²) in [5, 5.41) is 2.68. The molecule has 4 nitrogen and oxygen atoms in total. The number of amides is 1. The second-order valence-electron chi connectivity index (χ2n) is 2.53. The number of carbonyl (C=O) groups excluding carboxylic acids is 1. The van der Waals surface area contributed by atoms with Crippen LogP contribution < -0.4 is 5.32 Å². The number of hydrogen-bond donors (Lipinski definition) is 1. The smallest absolute Gasteiger partial charge is 0.272 e. The number of rotatable bonds is 2. The molecule has 0 unspecified atom stereocenters. The van der Waals surface area contributed by atoms with Gasteiger partial charge < -0.3 is 5.32 Å². The fourth-order valence-electron chi connectivity index (χ4n) is 0.919. The molecule has 1 N–H and O–H groups in total. The summed E-state index contributed by atoms with van der Waals surface area (Å²) < 4.78 is 0. The Hall–Kier alpha value is -0.870. The quantitative estimate of drug-likeness (QED) is 0.847. The van der Waals surface area contributed by atoms with Gasteiger partial charge in [0, 0.05) is 7.05 Å². The lowest BCUT2D eigenvalue weighted by Crippen LogP contribution is -2.21. The highest BCUT2D eigenvalue weighted by atomic mass is 35.5. The zero-order valence-corrected chi connectivity index (χ0v) is 9.28. The van der Waals surface area contributed by atoms with Crippen molar-refractivity contribution in [1.82, 2.24) is 15.3 Å². The van der Waals surface area contributed by atoms with Crippen LogP contribution in [0.25, 0.3) is 0 Å². The van der Waals surface area contributed by atoms with Crippen molar-refractivity contribution >= 4 is 29.1 Å². The lowest BCUT2D eigenvalue weighted by atomic mass is 10.3. The highest BCUT2D eigenvalue weighted by molar-refractivity contribution is 6.34. The zero-order chi connectivity index (χ0) is 10.7. The first-order valence-corrected chi connectivity index (χ1v) is 4.79. The molecule has 0 saturated heterocycles. The normalized spacial score (nSPS) is 10.0. The predicted molar refractivity (Wildman–Crippen MR) is 54.8 cm³/mol. The summed E-state index contributed by atoms with van der Waals surface area (Å²) >= 11 is 11.5. The molecular weight excluding hydrogens is 225 g/mol. The molecule has 0 aliphatic carbocycles. The van der Waals surface area contributed by atoms with Crippen molar-refractivity contribution in [3.05, 3.63) is 21.7 Å². The number of nitrogens with zero attached hydrogens (tertiary/aromatic N) is 2. The number of nitrogens with one attached hydrogen (secondary N) is 1. The first-order chi connectivity index (χ1) is 6.60. The summed E-state index contributed by atoms with van der Waals surface area (Å²) in [7, 11) is 1.50. The van der Waals surface area contributed by atoms with E-state index >= 15 is 0 Å². The molecule has 1 aromatic heterocycles. The molecule has 14 heavy (non-hydrogen) atoms. The van der Waals surface area contributed by atoms with E-state index < -0.39 is 0 Å². The Morgan fingerprint density at radius 1 is 1.36 bits per heavy atom. The molecule has 0 spiro atoms. The molecule has 0 saturated carbocycles. The van der Waals surface area contributed by atoms with Crippen molar-refractivity contribution in [3.8, 4) is 0 Å². The summed E-state index contributed by atoms with van der Waals surface area (Å²) in [6.07, 6.45) is 0.604. The maximum absolute atomic E-state index is 11.3. The zero-order valence-electron chi connectivity index (χ0n) is 7.77. The third-order valence-electron chi connectivity index (χ3n) is 1.65. The van der Waals surface area contributed by atoms with E-state index in [1.165, 1.54) is 7.05 Å². The molecular formula is C8H9Cl2N3O. The first-order valence-electron chi connectivity index (χ1n) is 4.04. The Morgan fingerprint density at radius 3 is 2.50 bits per heavy atom. The third-order valence-corrected chi connectivity index (χ3v) is 2.22. The second-order valence-corrected chi connectivity index (χ2v) is 3.25. The van der Waals surface area contributed by atoms with Crippen LogP contribution in [0.15, 0.2) is 0 Å². The van der Waals surface area contributed by atoms with Crippen LogP contribution in [-0.2, 0) is 6.42 Å². The van der Waals surface area contributed by atoms with Gasteiger partial charge in [-0.1, -0.05) is 30.1 Å². The topological polar surface area (TPSA) is 54.9 Å². The van der Waals surface area contributed by atoms with Crippen LogP contribution in [0, 0.1) is 0 Å². The molecule has 0 bridgehead atoms. The largest absolute Gasteiger partial charge is 0.354 e. The lowest BCUT2D eigenvalue weighted by molar-refractivity contribution is 0.0957. The number of aromatic nitrogens is 2. The van der Waals surface area contributed by atoms with Crippen LogP contribution in [0.4, 0.5) is 0 Å². The van der Waals surface area contributed by atoms with E-state index in [9.17, 15) is 4.79 Å². The van der Waals surface area contributed by atoms with Gasteiger partial charge in [0.25, 0.3) is 5.91 Å². The first kappa shape index (κ1) is 11.2. The minimum Gasteiger partial charge on any atom is -0.354 e. The summed E-state index contributed by atoms with van der Waals surface area (Å²) in [5.41, 5.74) is 0.671. The van der Waals surface area contributed by atoms with Crippen molar-refractivity contribution in [1.29, 1.82) is 0 Å². The molecule has 0 radical (unpaired) electrons. The fourth-order valence-corrected chi connectivity index (χ4v) is 1.43. The van der Waals surface area contributed by atoms with Crippen LogP contribution in [0.3, 0.4) is 0 Å². The number of halogens is 2. The minimum absolute atomic E-state index is 0.0200. The molecule has 0 aromatic carbocycles. The van der Waals surface area contributed by atoms with Crippen LogP contribution in [0.5, 0.6) is 0 Å². The summed E-state index contributed by atoms with van der Waals surface area (Å²) in [5.74, 6) is -0.367. The third kappa shape index (κ3) is 2.13. The Labute approximate surface area is 91.6 Å².